The molecule has 0 unspecified atom stereocenters. The second-order valence-corrected chi connectivity index (χ2v) is 4.55. The van der Waals surface area contributed by atoms with Crippen LogP contribution in [0.4, 0.5) is 14.9 Å². The van der Waals surface area contributed by atoms with Crippen molar-refractivity contribution in [2.24, 2.45) is 0 Å². The van der Waals surface area contributed by atoms with Crippen molar-refractivity contribution in [1.29, 1.82) is 0 Å². The highest BCUT2D eigenvalue weighted by atomic mass is 35.5. The maximum absolute atomic E-state index is 12.9. The van der Waals surface area contributed by atoms with Crippen LogP contribution >= 0.6 is 11.6 Å². The molecule has 1 aromatic carbocycles. The van der Waals surface area contributed by atoms with Gasteiger partial charge < -0.3 is 15.4 Å². The monoisotopic (exact) mass is 309 g/mol. The first kappa shape index (κ1) is 15.1. The summed E-state index contributed by atoms with van der Waals surface area (Å²) in [5.41, 5.74) is 1.15. The van der Waals surface area contributed by atoms with Crippen LogP contribution < -0.4 is 15.4 Å². The Morgan fingerprint density at radius 1 is 1.38 bits per heavy atom. The van der Waals surface area contributed by atoms with Crippen LogP contribution in [0.15, 0.2) is 36.5 Å². The molecule has 21 heavy (non-hydrogen) atoms. The van der Waals surface area contributed by atoms with Crippen LogP contribution in [0.2, 0.25) is 5.02 Å². The number of urea groups is 1. The minimum Gasteiger partial charge on any atom is -0.481 e. The van der Waals surface area contributed by atoms with E-state index in [0.29, 0.717) is 18.1 Å². The molecule has 0 saturated carbocycles. The number of hydrogen-bond acceptors (Lipinski definition) is 3. The number of nitrogens with one attached hydrogen (secondary N) is 2. The van der Waals surface area contributed by atoms with Gasteiger partial charge >= 0.3 is 6.03 Å². The van der Waals surface area contributed by atoms with Gasteiger partial charge in [-0.05, 0) is 23.8 Å². The maximum atomic E-state index is 12.9. The molecule has 1 heterocycles. The van der Waals surface area contributed by atoms with Crippen LogP contribution in [0.5, 0.6) is 5.88 Å². The fourth-order valence-electron chi connectivity index (χ4n) is 1.58. The zero-order valence-electron chi connectivity index (χ0n) is 11.2. The number of methoxy groups -OCH3 is 1. The van der Waals surface area contributed by atoms with E-state index >= 15 is 0 Å². The molecular formula is C14H13ClFN3O2. The molecule has 0 aliphatic rings. The van der Waals surface area contributed by atoms with Crippen molar-refractivity contribution in [3.05, 3.63) is 52.9 Å². The Hall–Kier alpha value is -2.34. The minimum absolute atomic E-state index is 0.135. The molecule has 2 aromatic rings. The van der Waals surface area contributed by atoms with E-state index in [9.17, 15) is 9.18 Å². The number of carbonyl (C=O) groups is 1. The standard InChI is InChI=1S/C14H13ClFN3O2/c1-21-13-5-2-9(7-17-13)8-18-14(20)19-12-4-3-10(16)6-11(12)15/h2-7H,8H2,1H3,(H2,18,19,20). The molecule has 0 saturated heterocycles. The summed E-state index contributed by atoms with van der Waals surface area (Å²) in [6.07, 6.45) is 1.60. The topological polar surface area (TPSA) is 63.2 Å². The molecule has 1 aromatic heterocycles. The Morgan fingerprint density at radius 2 is 2.19 bits per heavy atom. The van der Waals surface area contributed by atoms with E-state index in [-0.39, 0.29) is 5.02 Å². The molecule has 0 radical (unpaired) electrons. The predicted octanol–water partition coefficient (Wildman–Crippen LogP) is 3.20. The normalized spacial score (nSPS) is 10.0. The largest absolute Gasteiger partial charge is 0.481 e. The van der Waals surface area contributed by atoms with E-state index < -0.39 is 11.8 Å². The highest BCUT2D eigenvalue weighted by molar-refractivity contribution is 6.33. The fourth-order valence-corrected chi connectivity index (χ4v) is 1.79. The van der Waals surface area contributed by atoms with Gasteiger partial charge in [0.25, 0.3) is 0 Å². The highest BCUT2D eigenvalue weighted by Crippen LogP contribution is 2.22. The summed E-state index contributed by atoms with van der Waals surface area (Å²) in [5, 5.41) is 5.32. The molecule has 0 aliphatic heterocycles. The lowest BCUT2D eigenvalue weighted by molar-refractivity contribution is 0.251. The van der Waals surface area contributed by atoms with E-state index in [1.807, 2.05) is 0 Å². The molecule has 0 atom stereocenters. The van der Waals surface area contributed by atoms with Crippen LogP contribution in [-0.2, 0) is 6.54 Å². The SMILES string of the molecule is COc1ccc(CNC(=O)Nc2ccc(F)cc2Cl)cn1. The van der Waals surface area contributed by atoms with Gasteiger partial charge in [-0.15, -0.1) is 0 Å². The summed E-state index contributed by atoms with van der Waals surface area (Å²) in [4.78, 5) is 15.8. The fraction of sp³-hybridized carbons (Fsp3) is 0.143. The third-order valence-corrected chi connectivity index (χ3v) is 2.95. The van der Waals surface area contributed by atoms with Crippen molar-refractivity contribution in [3.8, 4) is 5.88 Å². The van der Waals surface area contributed by atoms with Gasteiger partial charge in [0.1, 0.15) is 5.82 Å². The predicted molar refractivity (Wildman–Crippen MR) is 78.1 cm³/mol. The van der Waals surface area contributed by atoms with Crippen molar-refractivity contribution < 1.29 is 13.9 Å². The smallest absolute Gasteiger partial charge is 0.319 e. The number of hydrogen-bond donors (Lipinski definition) is 2. The van der Waals surface area contributed by atoms with Crippen LogP contribution in [-0.4, -0.2) is 18.1 Å². The van der Waals surface area contributed by atoms with Crippen LogP contribution in [0.1, 0.15) is 5.56 Å². The Morgan fingerprint density at radius 3 is 2.81 bits per heavy atom. The maximum Gasteiger partial charge on any atom is 0.319 e. The minimum atomic E-state index is -0.463. The van der Waals surface area contributed by atoms with E-state index in [4.69, 9.17) is 16.3 Å². The summed E-state index contributed by atoms with van der Waals surface area (Å²) in [6, 6.07) is 6.79. The molecule has 0 fully saturated rings. The van der Waals surface area contributed by atoms with Gasteiger partial charge in [0, 0.05) is 18.8 Å². The van der Waals surface area contributed by atoms with Gasteiger partial charge in [0.05, 0.1) is 17.8 Å². The lowest BCUT2D eigenvalue weighted by Crippen LogP contribution is -2.28. The highest BCUT2D eigenvalue weighted by Gasteiger charge is 2.06. The average molecular weight is 310 g/mol. The first-order valence-electron chi connectivity index (χ1n) is 6.07. The second kappa shape index (κ2) is 6.90. The van der Waals surface area contributed by atoms with Gasteiger partial charge in [0.2, 0.25) is 5.88 Å². The van der Waals surface area contributed by atoms with Crippen molar-refractivity contribution in [2.75, 3.05) is 12.4 Å². The number of benzene rings is 1. The summed E-state index contributed by atoms with van der Waals surface area (Å²) in [5.74, 6) is 0.0385. The Balaban J connectivity index is 1.89. The van der Waals surface area contributed by atoms with Crippen LogP contribution in [0.25, 0.3) is 0 Å². The van der Waals surface area contributed by atoms with E-state index in [2.05, 4.69) is 15.6 Å². The Labute approximate surface area is 126 Å². The molecule has 2 N–H and O–H groups in total. The van der Waals surface area contributed by atoms with Crippen molar-refractivity contribution >= 4 is 23.3 Å². The lowest BCUT2D eigenvalue weighted by Gasteiger charge is -2.09. The number of pyridine rings is 1. The van der Waals surface area contributed by atoms with Crippen molar-refractivity contribution in [3.63, 3.8) is 0 Å². The Bertz CT molecular complexity index is 635. The van der Waals surface area contributed by atoms with E-state index in [1.54, 1.807) is 18.3 Å². The van der Waals surface area contributed by atoms with Crippen LogP contribution in [0, 0.1) is 5.82 Å². The molecule has 0 aliphatic carbocycles. The molecule has 0 spiro atoms. The molecule has 110 valence electrons. The number of aromatic nitrogens is 1. The number of anilines is 1. The third kappa shape index (κ3) is 4.32. The van der Waals surface area contributed by atoms with Gasteiger partial charge in [0.15, 0.2) is 0 Å². The second-order valence-electron chi connectivity index (χ2n) is 4.14. The number of carbonyl (C=O) groups excluding carboxylic acids is 1. The molecule has 2 amide bonds. The number of halogens is 2. The summed E-state index contributed by atoms with van der Waals surface area (Å²) in [7, 11) is 1.53. The average Bonchev–Trinajstić information content (AvgIpc) is 2.48. The molecule has 5 nitrogen and oxygen atoms in total. The van der Waals surface area contributed by atoms with Crippen LogP contribution in [0.3, 0.4) is 0 Å². The molecular weight excluding hydrogens is 297 g/mol. The van der Waals surface area contributed by atoms with E-state index in [0.717, 1.165) is 11.6 Å². The molecule has 0 bridgehead atoms. The summed E-state index contributed by atoms with van der Waals surface area (Å²) in [6.45, 7) is 0.293. The summed E-state index contributed by atoms with van der Waals surface area (Å²) < 4.78 is 17.8. The number of amides is 2. The van der Waals surface area contributed by atoms with Crippen molar-refractivity contribution in [2.45, 2.75) is 6.54 Å². The van der Waals surface area contributed by atoms with Gasteiger partial charge in [-0.1, -0.05) is 17.7 Å². The lowest BCUT2D eigenvalue weighted by atomic mass is 10.3. The van der Waals surface area contributed by atoms with E-state index in [1.165, 1.54) is 19.2 Å². The summed E-state index contributed by atoms with van der Waals surface area (Å²) >= 11 is 5.82. The Kier molecular flexibility index (Phi) is 4.94. The third-order valence-electron chi connectivity index (χ3n) is 2.64. The van der Waals surface area contributed by atoms with Gasteiger partial charge in [-0.3, -0.25) is 0 Å². The zero-order valence-corrected chi connectivity index (χ0v) is 11.9. The first-order chi connectivity index (χ1) is 10.1. The number of rotatable bonds is 4. The molecule has 7 heteroatoms. The number of nitrogens with zero attached hydrogens (tertiary/aromatic N) is 1. The van der Waals surface area contributed by atoms with Gasteiger partial charge in [-0.25, -0.2) is 14.2 Å². The van der Waals surface area contributed by atoms with Gasteiger partial charge in [-0.2, -0.15) is 0 Å². The quantitative estimate of drug-likeness (QED) is 0.911. The number of ether oxygens (including phenoxy) is 1. The zero-order chi connectivity index (χ0) is 15.2. The molecule has 2 rings (SSSR count). The van der Waals surface area contributed by atoms with Crippen molar-refractivity contribution in [1.82, 2.24) is 10.3 Å². The first-order valence-corrected chi connectivity index (χ1v) is 6.45.